The predicted octanol–water partition coefficient (Wildman–Crippen LogP) is 1.79. The highest BCUT2D eigenvalue weighted by molar-refractivity contribution is 7.93. The maximum Gasteiger partial charge on any atom is 0.249 e. The fraction of sp³-hybridized carbons (Fsp3) is 0.692. The number of hydrogen-bond acceptors (Lipinski definition) is 4. The van der Waals surface area contributed by atoms with Gasteiger partial charge >= 0.3 is 0 Å². The van der Waals surface area contributed by atoms with Crippen molar-refractivity contribution >= 4 is 10.0 Å². The molecule has 0 amide bonds. The zero-order chi connectivity index (χ0) is 14.6. The van der Waals surface area contributed by atoms with Crippen LogP contribution in [0.1, 0.15) is 41.0 Å². The first-order valence-electron chi connectivity index (χ1n) is 6.44. The van der Waals surface area contributed by atoms with Crippen molar-refractivity contribution in [2.45, 2.75) is 46.6 Å². The molecule has 0 spiro atoms. The summed E-state index contributed by atoms with van der Waals surface area (Å²) in [5.41, 5.74) is 1.42. The minimum absolute atomic E-state index is 0.108. The first kappa shape index (κ1) is 14.6. The second-order valence-electron chi connectivity index (χ2n) is 6.06. The number of nitrogens with two attached hydrogens (primary N) is 1. The monoisotopic (exact) mass is 286 g/mol. The van der Waals surface area contributed by atoms with Crippen LogP contribution in [-0.4, -0.2) is 14.0 Å². The van der Waals surface area contributed by atoms with Crippen molar-refractivity contribution < 1.29 is 13.2 Å². The Labute approximate surface area is 114 Å². The maximum atomic E-state index is 12.1. The zero-order valence-electron chi connectivity index (χ0n) is 12.1. The third kappa shape index (κ3) is 2.22. The van der Waals surface area contributed by atoms with Crippen LogP contribution in [0.5, 0.6) is 0 Å². The van der Waals surface area contributed by atoms with Gasteiger partial charge in [0, 0.05) is 11.8 Å². The van der Waals surface area contributed by atoms with Gasteiger partial charge in [-0.15, -0.1) is 0 Å². The summed E-state index contributed by atoms with van der Waals surface area (Å²) < 4.78 is 30.2. The highest BCUT2D eigenvalue weighted by atomic mass is 32.2. The number of ether oxygens (including phenoxy) is 1. The van der Waals surface area contributed by atoms with E-state index in [2.05, 4.69) is 0 Å². The van der Waals surface area contributed by atoms with Crippen molar-refractivity contribution in [2.24, 2.45) is 17.7 Å². The lowest BCUT2D eigenvalue weighted by molar-refractivity contribution is 0.0751. The van der Waals surface area contributed by atoms with Gasteiger partial charge in [0.25, 0.3) is 0 Å². The summed E-state index contributed by atoms with van der Waals surface area (Å²) in [6.07, 6.45) is 0.817. The SMILES string of the molecule is CC1=C2OC(C)(C)CC2C(C)C(S(=O)(=O)NN)=C1C. The number of hydrogen-bond donors (Lipinski definition) is 2. The molecule has 1 aliphatic heterocycles. The molecule has 1 fully saturated rings. The molecule has 3 N–H and O–H groups in total. The summed E-state index contributed by atoms with van der Waals surface area (Å²) in [6, 6.07) is 0. The van der Waals surface area contributed by atoms with Crippen molar-refractivity contribution in [3.63, 3.8) is 0 Å². The fourth-order valence-electron chi connectivity index (χ4n) is 3.20. The Morgan fingerprint density at radius 3 is 2.42 bits per heavy atom. The molecule has 0 bridgehead atoms. The number of allylic oxidation sites excluding steroid dienone is 4. The normalized spacial score (nSPS) is 30.4. The van der Waals surface area contributed by atoms with Gasteiger partial charge in [-0.1, -0.05) is 6.92 Å². The number of sulfonamides is 1. The van der Waals surface area contributed by atoms with E-state index in [0.29, 0.717) is 4.91 Å². The second kappa shape index (κ2) is 4.33. The van der Waals surface area contributed by atoms with Crippen molar-refractivity contribution in [1.29, 1.82) is 0 Å². The average molecular weight is 286 g/mol. The molecule has 0 aromatic carbocycles. The van der Waals surface area contributed by atoms with Crippen LogP contribution < -0.4 is 10.7 Å². The zero-order valence-corrected chi connectivity index (χ0v) is 12.9. The minimum Gasteiger partial charge on any atom is -0.492 e. The first-order valence-corrected chi connectivity index (χ1v) is 7.92. The molecular formula is C13H22N2O3S. The van der Waals surface area contributed by atoms with Crippen LogP contribution in [0.4, 0.5) is 0 Å². The smallest absolute Gasteiger partial charge is 0.249 e. The van der Waals surface area contributed by atoms with E-state index in [1.165, 1.54) is 0 Å². The van der Waals surface area contributed by atoms with E-state index in [4.69, 9.17) is 10.6 Å². The van der Waals surface area contributed by atoms with Crippen molar-refractivity contribution in [2.75, 3.05) is 0 Å². The molecule has 1 aliphatic carbocycles. The Kier molecular flexibility index (Phi) is 3.32. The van der Waals surface area contributed by atoms with E-state index in [1.54, 1.807) is 0 Å². The Morgan fingerprint density at radius 2 is 1.89 bits per heavy atom. The van der Waals surface area contributed by atoms with E-state index in [9.17, 15) is 8.42 Å². The first-order chi connectivity index (χ1) is 8.60. The van der Waals surface area contributed by atoms with Crippen LogP contribution >= 0.6 is 0 Å². The molecule has 0 aromatic heterocycles. The number of nitrogens with one attached hydrogen (secondary N) is 1. The molecule has 19 heavy (non-hydrogen) atoms. The Hall–Kier alpha value is -0.850. The Balaban J connectivity index is 2.58. The quantitative estimate of drug-likeness (QED) is 0.599. The van der Waals surface area contributed by atoms with E-state index in [0.717, 1.165) is 23.3 Å². The molecule has 2 aliphatic rings. The highest BCUT2D eigenvalue weighted by Gasteiger charge is 2.46. The lowest BCUT2D eigenvalue weighted by atomic mass is 9.79. The van der Waals surface area contributed by atoms with E-state index < -0.39 is 10.0 Å². The summed E-state index contributed by atoms with van der Waals surface area (Å²) in [6.45, 7) is 9.71. The molecule has 0 saturated carbocycles. The van der Waals surface area contributed by atoms with Crippen LogP contribution in [0.2, 0.25) is 0 Å². The van der Waals surface area contributed by atoms with Gasteiger partial charge in [0.1, 0.15) is 11.4 Å². The molecule has 0 aromatic rings. The van der Waals surface area contributed by atoms with E-state index in [1.807, 2.05) is 39.4 Å². The molecule has 108 valence electrons. The fourth-order valence-corrected chi connectivity index (χ4v) is 4.54. The summed E-state index contributed by atoms with van der Waals surface area (Å²) in [5.74, 6) is 6.10. The average Bonchev–Trinajstić information content (AvgIpc) is 2.63. The van der Waals surface area contributed by atoms with Gasteiger partial charge in [0.15, 0.2) is 0 Å². The number of fused-ring (bicyclic) bond motifs is 1. The Morgan fingerprint density at radius 1 is 1.32 bits per heavy atom. The summed E-state index contributed by atoms with van der Waals surface area (Å²) >= 11 is 0. The molecular weight excluding hydrogens is 264 g/mol. The Bertz CT molecular complexity index is 573. The van der Waals surface area contributed by atoms with Crippen LogP contribution in [0.25, 0.3) is 0 Å². The second-order valence-corrected chi connectivity index (χ2v) is 7.74. The molecule has 0 radical (unpaired) electrons. The molecule has 2 rings (SSSR count). The van der Waals surface area contributed by atoms with Gasteiger partial charge in [-0.05, 0) is 45.3 Å². The van der Waals surface area contributed by atoms with Gasteiger partial charge in [-0.2, -0.15) is 4.83 Å². The molecule has 1 saturated heterocycles. The van der Waals surface area contributed by atoms with Gasteiger partial charge in [0.05, 0.1) is 4.91 Å². The highest BCUT2D eigenvalue weighted by Crippen LogP contribution is 2.50. The molecule has 2 atom stereocenters. The van der Waals surface area contributed by atoms with Crippen LogP contribution in [0.15, 0.2) is 21.8 Å². The molecule has 6 heteroatoms. The van der Waals surface area contributed by atoms with Crippen LogP contribution in [-0.2, 0) is 14.8 Å². The van der Waals surface area contributed by atoms with Gasteiger partial charge in [-0.25, -0.2) is 8.42 Å². The van der Waals surface area contributed by atoms with Gasteiger partial charge < -0.3 is 4.74 Å². The summed E-state index contributed by atoms with van der Waals surface area (Å²) in [7, 11) is -3.61. The van der Waals surface area contributed by atoms with E-state index in [-0.39, 0.29) is 17.4 Å². The molecule has 5 nitrogen and oxygen atoms in total. The molecule has 1 heterocycles. The minimum atomic E-state index is -3.61. The standard InChI is InChI=1S/C13H22N2O3S/c1-7-8(2)12(19(16,17)15-14)9(3)10-6-13(4,5)18-11(7)10/h9-10,15H,6,14H2,1-5H3. The maximum absolute atomic E-state index is 12.1. The topological polar surface area (TPSA) is 81.4 Å². The third-order valence-corrected chi connectivity index (χ3v) is 5.77. The predicted molar refractivity (Wildman–Crippen MR) is 74.1 cm³/mol. The van der Waals surface area contributed by atoms with Crippen molar-refractivity contribution in [3.8, 4) is 0 Å². The summed E-state index contributed by atoms with van der Waals surface area (Å²) in [4.78, 5) is 2.34. The largest absolute Gasteiger partial charge is 0.492 e. The summed E-state index contributed by atoms with van der Waals surface area (Å²) in [5, 5.41) is 0. The van der Waals surface area contributed by atoms with Crippen LogP contribution in [0, 0.1) is 11.8 Å². The van der Waals surface area contributed by atoms with Gasteiger partial charge in [-0.3, -0.25) is 5.84 Å². The number of hydrazine groups is 1. The third-order valence-electron chi connectivity index (χ3n) is 4.20. The number of rotatable bonds is 2. The lowest BCUT2D eigenvalue weighted by Crippen LogP contribution is -2.36. The molecule has 2 unspecified atom stereocenters. The lowest BCUT2D eigenvalue weighted by Gasteiger charge is -2.29. The van der Waals surface area contributed by atoms with Crippen molar-refractivity contribution in [1.82, 2.24) is 4.83 Å². The van der Waals surface area contributed by atoms with E-state index >= 15 is 0 Å². The van der Waals surface area contributed by atoms with Crippen molar-refractivity contribution in [3.05, 3.63) is 21.8 Å². The van der Waals surface area contributed by atoms with Gasteiger partial charge in [0.2, 0.25) is 10.0 Å². The van der Waals surface area contributed by atoms with Crippen LogP contribution in [0.3, 0.4) is 0 Å².